The van der Waals surface area contributed by atoms with Crippen LogP contribution in [0, 0.1) is 5.41 Å². The molecular formula is C19H28INO5S. The fourth-order valence-corrected chi connectivity index (χ4v) is 4.99. The number of ether oxygens (including phenoxy) is 1. The zero-order valence-electron chi connectivity index (χ0n) is 15.7. The number of hydrogen-bond acceptors (Lipinski definition) is 5. The molecule has 0 heterocycles. The fourth-order valence-electron chi connectivity index (χ4n) is 3.51. The molecule has 0 saturated heterocycles. The van der Waals surface area contributed by atoms with Gasteiger partial charge in [0.1, 0.15) is 6.61 Å². The van der Waals surface area contributed by atoms with Gasteiger partial charge in [0, 0.05) is 4.43 Å². The van der Waals surface area contributed by atoms with E-state index in [4.69, 9.17) is 8.92 Å². The van der Waals surface area contributed by atoms with Gasteiger partial charge in [-0.2, -0.15) is 8.42 Å². The van der Waals surface area contributed by atoms with Gasteiger partial charge in [0.15, 0.2) is 0 Å². The third-order valence-corrected chi connectivity index (χ3v) is 7.08. The van der Waals surface area contributed by atoms with Gasteiger partial charge in [-0.25, -0.2) is 4.79 Å². The van der Waals surface area contributed by atoms with Gasteiger partial charge in [0.2, 0.25) is 0 Å². The summed E-state index contributed by atoms with van der Waals surface area (Å²) in [5.74, 6) is 0. The number of hydrogen-bond donors (Lipinski definition) is 1. The second-order valence-electron chi connectivity index (χ2n) is 7.29. The number of amides is 1. The monoisotopic (exact) mass is 509 g/mol. The number of rotatable bonds is 9. The van der Waals surface area contributed by atoms with Crippen LogP contribution in [-0.2, 0) is 25.6 Å². The average Bonchev–Trinajstić information content (AvgIpc) is 2.65. The highest BCUT2D eigenvalue weighted by molar-refractivity contribution is 14.1. The van der Waals surface area contributed by atoms with Crippen LogP contribution >= 0.6 is 22.6 Å². The molecule has 1 unspecified atom stereocenters. The van der Waals surface area contributed by atoms with Crippen molar-refractivity contribution in [2.24, 2.45) is 5.41 Å². The SMILES string of the molecule is CS(=O)(=O)OCC(CC1(CI)CCCCC1)NC(=O)OCc1ccccc1. The predicted octanol–water partition coefficient (Wildman–Crippen LogP) is 4.03. The van der Waals surface area contributed by atoms with E-state index in [1.165, 1.54) is 19.3 Å². The highest BCUT2D eigenvalue weighted by Crippen LogP contribution is 2.41. The Morgan fingerprint density at radius 3 is 2.48 bits per heavy atom. The fraction of sp³-hybridized carbons (Fsp3) is 0.632. The number of nitrogens with one attached hydrogen (secondary N) is 1. The first-order chi connectivity index (χ1) is 12.8. The smallest absolute Gasteiger partial charge is 0.407 e. The van der Waals surface area contributed by atoms with E-state index in [2.05, 4.69) is 27.9 Å². The summed E-state index contributed by atoms with van der Waals surface area (Å²) in [5.41, 5.74) is 1.00. The lowest BCUT2D eigenvalue weighted by Gasteiger charge is -2.38. The molecule has 0 spiro atoms. The maximum absolute atomic E-state index is 12.2. The van der Waals surface area contributed by atoms with Crippen LogP contribution < -0.4 is 5.32 Å². The highest BCUT2D eigenvalue weighted by atomic mass is 127. The Balaban J connectivity index is 1.96. The molecule has 1 amide bonds. The molecule has 0 aliphatic heterocycles. The van der Waals surface area contributed by atoms with Gasteiger partial charge >= 0.3 is 6.09 Å². The van der Waals surface area contributed by atoms with E-state index in [1.807, 2.05) is 30.3 Å². The minimum Gasteiger partial charge on any atom is -0.445 e. The van der Waals surface area contributed by atoms with Crippen LogP contribution in [0.3, 0.4) is 0 Å². The number of benzene rings is 1. The van der Waals surface area contributed by atoms with Crippen molar-refractivity contribution in [3.63, 3.8) is 0 Å². The molecule has 1 aliphatic carbocycles. The van der Waals surface area contributed by atoms with Gasteiger partial charge in [0.05, 0.1) is 18.9 Å². The highest BCUT2D eigenvalue weighted by Gasteiger charge is 2.34. The van der Waals surface area contributed by atoms with Crippen molar-refractivity contribution in [2.75, 3.05) is 17.3 Å². The lowest BCUT2D eigenvalue weighted by Crippen LogP contribution is -2.44. The molecule has 0 bridgehead atoms. The van der Waals surface area contributed by atoms with Gasteiger partial charge in [-0.05, 0) is 30.2 Å². The Morgan fingerprint density at radius 1 is 1.22 bits per heavy atom. The van der Waals surface area contributed by atoms with Crippen molar-refractivity contribution >= 4 is 38.8 Å². The van der Waals surface area contributed by atoms with Crippen molar-refractivity contribution in [3.8, 4) is 0 Å². The van der Waals surface area contributed by atoms with Crippen molar-refractivity contribution < 1.29 is 22.1 Å². The quantitative estimate of drug-likeness (QED) is 0.309. The Bertz CT molecular complexity index is 689. The van der Waals surface area contributed by atoms with E-state index in [0.29, 0.717) is 6.42 Å². The summed E-state index contributed by atoms with van der Waals surface area (Å²) in [4.78, 5) is 12.2. The Labute approximate surface area is 175 Å². The maximum atomic E-state index is 12.2. The molecule has 1 aromatic carbocycles. The van der Waals surface area contributed by atoms with Gasteiger partial charge < -0.3 is 10.1 Å². The molecule has 1 aliphatic rings. The van der Waals surface area contributed by atoms with Gasteiger partial charge in [-0.1, -0.05) is 72.2 Å². The number of halogens is 1. The third-order valence-electron chi connectivity index (χ3n) is 4.90. The number of carbonyl (C=O) groups is 1. The largest absolute Gasteiger partial charge is 0.445 e. The topological polar surface area (TPSA) is 81.7 Å². The molecule has 1 N–H and O–H groups in total. The van der Waals surface area contributed by atoms with Crippen LogP contribution in [0.5, 0.6) is 0 Å². The maximum Gasteiger partial charge on any atom is 0.407 e. The molecule has 1 aromatic rings. The van der Waals surface area contributed by atoms with E-state index in [1.54, 1.807) is 0 Å². The molecule has 1 atom stereocenters. The summed E-state index contributed by atoms with van der Waals surface area (Å²) in [6.45, 7) is 0.0986. The molecular weight excluding hydrogens is 481 g/mol. The third kappa shape index (κ3) is 8.35. The van der Waals surface area contributed by atoms with Crippen LogP contribution in [0.1, 0.15) is 44.1 Å². The number of carbonyl (C=O) groups excluding carboxylic acids is 1. The van der Waals surface area contributed by atoms with Crippen LogP contribution in [0.2, 0.25) is 0 Å². The number of alkyl halides is 1. The molecule has 1 fully saturated rings. The molecule has 6 nitrogen and oxygen atoms in total. The summed E-state index contributed by atoms with van der Waals surface area (Å²) in [6.07, 6.45) is 6.90. The predicted molar refractivity (Wildman–Crippen MR) is 113 cm³/mol. The van der Waals surface area contributed by atoms with Crippen LogP contribution in [-0.4, -0.2) is 37.8 Å². The summed E-state index contributed by atoms with van der Waals surface area (Å²) in [7, 11) is -3.57. The van der Waals surface area contributed by atoms with Gasteiger partial charge in [0.25, 0.3) is 10.1 Å². The van der Waals surface area contributed by atoms with Crippen molar-refractivity contribution in [3.05, 3.63) is 35.9 Å². The van der Waals surface area contributed by atoms with E-state index >= 15 is 0 Å². The zero-order chi connectivity index (χ0) is 19.8. The Morgan fingerprint density at radius 2 is 1.89 bits per heavy atom. The normalized spacial score (nSPS) is 17.9. The molecule has 1 saturated carbocycles. The second kappa shape index (κ2) is 10.6. The summed E-state index contributed by atoms with van der Waals surface area (Å²) in [5, 5.41) is 2.81. The van der Waals surface area contributed by atoms with E-state index in [0.717, 1.165) is 29.1 Å². The van der Waals surface area contributed by atoms with Crippen LogP contribution in [0.15, 0.2) is 30.3 Å². The Kier molecular flexibility index (Phi) is 8.81. The van der Waals surface area contributed by atoms with Crippen LogP contribution in [0.25, 0.3) is 0 Å². The lowest BCUT2D eigenvalue weighted by atomic mass is 9.72. The van der Waals surface area contributed by atoms with Gasteiger partial charge in [-0.15, -0.1) is 0 Å². The van der Waals surface area contributed by atoms with Crippen molar-refractivity contribution in [1.82, 2.24) is 5.32 Å². The summed E-state index contributed by atoms with van der Waals surface area (Å²) >= 11 is 2.39. The molecule has 2 rings (SSSR count). The molecule has 0 radical (unpaired) electrons. The van der Waals surface area contributed by atoms with Gasteiger partial charge in [-0.3, -0.25) is 4.18 Å². The second-order valence-corrected chi connectivity index (χ2v) is 9.70. The van der Waals surface area contributed by atoms with E-state index in [9.17, 15) is 13.2 Å². The molecule has 152 valence electrons. The average molecular weight is 509 g/mol. The summed E-state index contributed by atoms with van der Waals surface area (Å²) < 4.78 is 34.1. The minimum absolute atomic E-state index is 0.0718. The first kappa shape index (κ1) is 22.4. The molecule has 0 aromatic heterocycles. The van der Waals surface area contributed by atoms with E-state index in [-0.39, 0.29) is 18.6 Å². The molecule has 27 heavy (non-hydrogen) atoms. The minimum atomic E-state index is -3.57. The Hall–Kier alpha value is -0.870. The van der Waals surface area contributed by atoms with E-state index < -0.39 is 22.3 Å². The van der Waals surface area contributed by atoms with Crippen molar-refractivity contribution in [1.29, 1.82) is 0 Å². The number of alkyl carbamates (subject to hydrolysis) is 1. The van der Waals surface area contributed by atoms with Crippen LogP contribution in [0.4, 0.5) is 4.79 Å². The first-order valence-corrected chi connectivity index (χ1v) is 12.5. The molecule has 8 heteroatoms. The van der Waals surface area contributed by atoms with Crippen molar-refractivity contribution in [2.45, 2.75) is 51.2 Å². The first-order valence-electron chi connectivity index (χ1n) is 9.19. The standard InChI is InChI=1S/C19H28INO5S/c1-27(23,24)26-14-17(12-19(15-20)10-6-3-7-11-19)21-18(22)25-13-16-8-4-2-5-9-16/h2,4-5,8-9,17H,3,6-7,10-15H2,1H3,(H,21,22). The lowest BCUT2D eigenvalue weighted by molar-refractivity contribution is 0.117. The summed E-state index contributed by atoms with van der Waals surface area (Å²) in [6, 6.07) is 9.01. The zero-order valence-corrected chi connectivity index (χ0v) is 18.6.